The Bertz CT molecular complexity index is 396. The summed E-state index contributed by atoms with van der Waals surface area (Å²) in [6.07, 6.45) is 6.17. The Morgan fingerprint density at radius 2 is 2.15 bits per heavy atom. The lowest BCUT2D eigenvalue weighted by Crippen LogP contribution is -2.33. The Labute approximate surface area is 121 Å². The van der Waals surface area contributed by atoms with Crippen molar-refractivity contribution in [2.75, 3.05) is 13.2 Å². The van der Waals surface area contributed by atoms with E-state index < -0.39 is 0 Å². The van der Waals surface area contributed by atoms with Crippen LogP contribution in [0.1, 0.15) is 44.6 Å². The highest BCUT2D eigenvalue weighted by Crippen LogP contribution is 2.28. The van der Waals surface area contributed by atoms with E-state index in [2.05, 4.69) is 12.2 Å². The van der Waals surface area contributed by atoms with Gasteiger partial charge in [0, 0.05) is 18.2 Å². The number of nitrogens with one attached hydrogen (secondary N) is 1. The Balaban J connectivity index is 1.66. The van der Waals surface area contributed by atoms with Crippen molar-refractivity contribution in [3.8, 4) is 0 Å². The third kappa shape index (κ3) is 4.57. The molecule has 0 saturated heterocycles. The summed E-state index contributed by atoms with van der Waals surface area (Å²) in [7, 11) is 0. The van der Waals surface area contributed by atoms with Crippen molar-refractivity contribution in [3.05, 3.63) is 35.6 Å². The average molecular weight is 279 g/mol. The minimum atomic E-state index is -0.171. The lowest BCUT2D eigenvalue weighted by molar-refractivity contribution is 0.102. The van der Waals surface area contributed by atoms with Crippen molar-refractivity contribution in [2.24, 2.45) is 5.92 Å². The van der Waals surface area contributed by atoms with Crippen molar-refractivity contribution in [3.63, 3.8) is 0 Å². The van der Waals surface area contributed by atoms with Crippen LogP contribution in [0.5, 0.6) is 0 Å². The van der Waals surface area contributed by atoms with E-state index >= 15 is 0 Å². The first kappa shape index (κ1) is 15.5. The van der Waals surface area contributed by atoms with E-state index in [0.29, 0.717) is 18.2 Å². The molecular weight excluding hydrogens is 253 g/mol. The molecule has 112 valence electrons. The van der Waals surface area contributed by atoms with Gasteiger partial charge in [-0.25, -0.2) is 4.39 Å². The zero-order valence-electron chi connectivity index (χ0n) is 12.4. The fourth-order valence-corrected chi connectivity index (χ4v) is 3.01. The molecule has 0 radical (unpaired) electrons. The Kier molecular flexibility index (Phi) is 6.48. The predicted molar refractivity (Wildman–Crippen MR) is 80.1 cm³/mol. The van der Waals surface area contributed by atoms with Crippen LogP contribution in [0.4, 0.5) is 4.39 Å². The lowest BCUT2D eigenvalue weighted by Gasteiger charge is -2.20. The predicted octanol–water partition coefficient (Wildman–Crippen LogP) is 3.90. The first-order valence-electron chi connectivity index (χ1n) is 7.85. The van der Waals surface area contributed by atoms with E-state index in [1.165, 1.54) is 31.7 Å². The highest BCUT2D eigenvalue weighted by molar-refractivity contribution is 5.16. The Hall–Kier alpha value is -0.930. The van der Waals surface area contributed by atoms with Crippen molar-refractivity contribution in [2.45, 2.75) is 51.7 Å². The van der Waals surface area contributed by atoms with Crippen molar-refractivity contribution < 1.29 is 9.13 Å². The van der Waals surface area contributed by atoms with Crippen LogP contribution in [-0.4, -0.2) is 19.2 Å². The molecule has 1 aromatic carbocycles. The first-order valence-corrected chi connectivity index (χ1v) is 7.85. The maximum atomic E-state index is 13.4. The highest BCUT2D eigenvalue weighted by Gasteiger charge is 2.25. The SMILES string of the molecule is CCCNC1CCCC1CCOCc1ccccc1F. The molecule has 2 atom stereocenters. The van der Waals surface area contributed by atoms with E-state index in [4.69, 9.17) is 4.74 Å². The lowest BCUT2D eigenvalue weighted by atomic mass is 10.00. The van der Waals surface area contributed by atoms with Gasteiger partial charge in [0.15, 0.2) is 0 Å². The van der Waals surface area contributed by atoms with Gasteiger partial charge in [0.25, 0.3) is 0 Å². The summed E-state index contributed by atoms with van der Waals surface area (Å²) in [6.45, 7) is 4.42. The molecule has 0 amide bonds. The molecule has 1 aliphatic rings. The van der Waals surface area contributed by atoms with Gasteiger partial charge in [-0.15, -0.1) is 0 Å². The number of benzene rings is 1. The zero-order chi connectivity index (χ0) is 14.2. The van der Waals surface area contributed by atoms with Gasteiger partial charge in [0.2, 0.25) is 0 Å². The maximum Gasteiger partial charge on any atom is 0.128 e. The molecule has 1 N–H and O–H groups in total. The molecule has 1 fully saturated rings. The third-order valence-corrected chi connectivity index (χ3v) is 4.16. The Morgan fingerprint density at radius 1 is 1.30 bits per heavy atom. The van der Waals surface area contributed by atoms with Crippen molar-refractivity contribution in [1.29, 1.82) is 0 Å². The third-order valence-electron chi connectivity index (χ3n) is 4.16. The monoisotopic (exact) mass is 279 g/mol. The summed E-state index contributed by atoms with van der Waals surface area (Å²) < 4.78 is 19.1. The summed E-state index contributed by atoms with van der Waals surface area (Å²) in [5.74, 6) is 0.554. The molecule has 0 bridgehead atoms. The summed E-state index contributed by atoms with van der Waals surface area (Å²) in [5, 5.41) is 3.63. The van der Waals surface area contributed by atoms with Gasteiger partial charge < -0.3 is 10.1 Å². The minimum Gasteiger partial charge on any atom is -0.377 e. The molecule has 0 heterocycles. The summed E-state index contributed by atoms with van der Waals surface area (Å²) in [4.78, 5) is 0. The van der Waals surface area contributed by atoms with Crippen LogP contribution < -0.4 is 5.32 Å². The van der Waals surface area contributed by atoms with Crippen LogP contribution in [0, 0.1) is 11.7 Å². The molecule has 1 aromatic rings. The van der Waals surface area contributed by atoms with E-state index in [1.807, 2.05) is 6.07 Å². The number of hydrogen-bond acceptors (Lipinski definition) is 2. The number of ether oxygens (including phenoxy) is 1. The molecule has 2 rings (SSSR count). The molecule has 2 nitrogen and oxygen atoms in total. The van der Waals surface area contributed by atoms with Gasteiger partial charge in [0.1, 0.15) is 5.82 Å². The largest absolute Gasteiger partial charge is 0.377 e. The van der Waals surface area contributed by atoms with Gasteiger partial charge in [-0.05, 0) is 44.2 Å². The second-order valence-corrected chi connectivity index (χ2v) is 5.68. The first-order chi connectivity index (χ1) is 9.81. The van der Waals surface area contributed by atoms with Crippen LogP contribution in [0.15, 0.2) is 24.3 Å². The van der Waals surface area contributed by atoms with Crippen LogP contribution in [0.2, 0.25) is 0 Å². The molecular formula is C17H26FNO. The van der Waals surface area contributed by atoms with Gasteiger partial charge >= 0.3 is 0 Å². The molecule has 3 heteroatoms. The van der Waals surface area contributed by atoms with E-state index in [-0.39, 0.29) is 5.82 Å². The summed E-state index contributed by atoms with van der Waals surface area (Å²) >= 11 is 0. The van der Waals surface area contributed by atoms with Crippen LogP contribution >= 0.6 is 0 Å². The molecule has 0 aliphatic heterocycles. The molecule has 1 aliphatic carbocycles. The van der Waals surface area contributed by atoms with Gasteiger partial charge in [0.05, 0.1) is 6.61 Å². The van der Waals surface area contributed by atoms with Crippen molar-refractivity contribution >= 4 is 0 Å². The summed E-state index contributed by atoms with van der Waals surface area (Å²) in [6, 6.07) is 7.49. The van der Waals surface area contributed by atoms with Crippen LogP contribution in [0.25, 0.3) is 0 Å². The topological polar surface area (TPSA) is 21.3 Å². The van der Waals surface area contributed by atoms with E-state index in [9.17, 15) is 4.39 Å². The quantitative estimate of drug-likeness (QED) is 0.729. The second kappa shape index (κ2) is 8.38. The standard InChI is InChI=1S/C17H26FNO/c1-2-11-19-17-9-5-7-14(17)10-12-20-13-15-6-3-4-8-16(15)18/h3-4,6,8,14,17,19H,2,5,7,9-13H2,1H3. The minimum absolute atomic E-state index is 0.171. The maximum absolute atomic E-state index is 13.4. The van der Waals surface area contributed by atoms with Crippen LogP contribution in [-0.2, 0) is 11.3 Å². The van der Waals surface area contributed by atoms with E-state index in [1.54, 1.807) is 12.1 Å². The van der Waals surface area contributed by atoms with E-state index in [0.717, 1.165) is 25.5 Å². The van der Waals surface area contributed by atoms with Gasteiger partial charge in [-0.2, -0.15) is 0 Å². The highest BCUT2D eigenvalue weighted by atomic mass is 19.1. The molecule has 20 heavy (non-hydrogen) atoms. The van der Waals surface area contributed by atoms with Gasteiger partial charge in [-0.1, -0.05) is 31.5 Å². The summed E-state index contributed by atoms with van der Waals surface area (Å²) in [5.41, 5.74) is 0.652. The molecule has 1 saturated carbocycles. The number of hydrogen-bond donors (Lipinski definition) is 1. The van der Waals surface area contributed by atoms with Crippen molar-refractivity contribution in [1.82, 2.24) is 5.32 Å². The van der Waals surface area contributed by atoms with Crippen LogP contribution in [0.3, 0.4) is 0 Å². The fourth-order valence-electron chi connectivity index (χ4n) is 3.01. The fraction of sp³-hybridized carbons (Fsp3) is 0.647. The smallest absolute Gasteiger partial charge is 0.128 e. The average Bonchev–Trinajstić information content (AvgIpc) is 2.90. The molecule has 0 spiro atoms. The number of halogens is 1. The normalized spacial score (nSPS) is 22.3. The second-order valence-electron chi connectivity index (χ2n) is 5.68. The van der Waals surface area contributed by atoms with Gasteiger partial charge in [-0.3, -0.25) is 0 Å². The number of rotatable bonds is 8. The zero-order valence-corrected chi connectivity index (χ0v) is 12.4. The molecule has 2 unspecified atom stereocenters. The molecule has 0 aromatic heterocycles. The Morgan fingerprint density at radius 3 is 2.95 bits per heavy atom.